The number of non-ortho nitro benzene ring substituents is 1. The van der Waals surface area contributed by atoms with Crippen LogP contribution in [0.15, 0.2) is 48.5 Å². The third-order valence-electron chi connectivity index (χ3n) is 4.09. The first-order valence-electron chi connectivity index (χ1n) is 8.47. The Labute approximate surface area is 156 Å². The van der Waals surface area contributed by atoms with Crippen LogP contribution in [0.5, 0.6) is 0 Å². The maximum Gasteiger partial charge on any atom is 0.341 e. The number of hydrogen-bond acceptors (Lipinski definition) is 6. The third kappa shape index (κ3) is 4.60. The van der Waals surface area contributed by atoms with Crippen LogP contribution in [0.2, 0.25) is 0 Å². The number of nitrogen functional groups attached to an aromatic ring is 1. The lowest BCUT2D eigenvalue weighted by Crippen LogP contribution is -2.36. The van der Waals surface area contributed by atoms with Gasteiger partial charge >= 0.3 is 5.97 Å². The predicted octanol–water partition coefficient (Wildman–Crippen LogP) is 2.94. The number of nitro benzene ring substituents is 1. The summed E-state index contributed by atoms with van der Waals surface area (Å²) in [7, 11) is 0. The summed E-state index contributed by atoms with van der Waals surface area (Å²) in [4.78, 5) is 37.3. The average Bonchev–Trinajstić information content (AvgIpc) is 2.67. The summed E-state index contributed by atoms with van der Waals surface area (Å²) < 4.78 is 5.45. The molecule has 0 spiro atoms. The predicted molar refractivity (Wildman–Crippen MR) is 100 cm³/mol. The van der Waals surface area contributed by atoms with Crippen molar-refractivity contribution in [1.29, 1.82) is 0 Å². The van der Waals surface area contributed by atoms with Crippen molar-refractivity contribution in [1.82, 2.24) is 4.90 Å². The molecule has 0 aliphatic heterocycles. The molecule has 2 aromatic rings. The highest BCUT2D eigenvalue weighted by Gasteiger charge is 2.29. The van der Waals surface area contributed by atoms with Gasteiger partial charge in [-0.2, -0.15) is 0 Å². The first-order chi connectivity index (χ1) is 12.9. The summed E-state index contributed by atoms with van der Waals surface area (Å²) in [5.74, 6) is -1.27. The fraction of sp³-hybridized carbons (Fsp3) is 0.263. The van der Waals surface area contributed by atoms with E-state index in [1.165, 1.54) is 12.1 Å². The molecule has 8 heteroatoms. The largest absolute Gasteiger partial charge is 0.444 e. The number of nitrogens with zero attached hydrogens (tertiary/aromatic N) is 2. The zero-order valence-corrected chi connectivity index (χ0v) is 15.1. The van der Waals surface area contributed by atoms with Crippen LogP contribution in [-0.2, 0) is 9.53 Å². The Morgan fingerprint density at radius 2 is 1.78 bits per heavy atom. The average molecular weight is 371 g/mol. The summed E-state index contributed by atoms with van der Waals surface area (Å²) in [6.07, 6.45) is -1.17. The molecule has 2 N–H and O–H groups in total. The Hall–Kier alpha value is -3.42. The van der Waals surface area contributed by atoms with Crippen molar-refractivity contribution in [3.05, 3.63) is 69.8 Å². The summed E-state index contributed by atoms with van der Waals surface area (Å²) >= 11 is 0. The molecule has 142 valence electrons. The number of anilines is 1. The summed E-state index contributed by atoms with van der Waals surface area (Å²) in [5, 5.41) is 11.0. The van der Waals surface area contributed by atoms with Gasteiger partial charge in [0, 0.05) is 36.5 Å². The van der Waals surface area contributed by atoms with Crippen molar-refractivity contribution in [2.24, 2.45) is 0 Å². The molecular weight excluding hydrogens is 350 g/mol. The van der Waals surface area contributed by atoms with E-state index in [9.17, 15) is 19.7 Å². The maximum atomic E-state index is 12.8. The van der Waals surface area contributed by atoms with E-state index in [1.807, 2.05) is 13.8 Å². The molecule has 2 aromatic carbocycles. The second-order valence-electron chi connectivity index (χ2n) is 5.74. The highest BCUT2D eigenvalue weighted by Crippen LogP contribution is 2.25. The summed E-state index contributed by atoms with van der Waals surface area (Å²) in [6.45, 7) is 4.55. The van der Waals surface area contributed by atoms with E-state index in [-0.39, 0.29) is 22.8 Å². The smallest absolute Gasteiger partial charge is 0.341 e. The molecule has 27 heavy (non-hydrogen) atoms. The quantitative estimate of drug-likeness (QED) is 0.346. The number of benzene rings is 2. The van der Waals surface area contributed by atoms with E-state index in [1.54, 1.807) is 35.2 Å². The number of nitro groups is 1. The van der Waals surface area contributed by atoms with Gasteiger partial charge in [-0.3, -0.25) is 14.9 Å². The monoisotopic (exact) mass is 371 g/mol. The number of ether oxygens (including phenoxy) is 1. The highest BCUT2D eigenvalue weighted by molar-refractivity contribution is 5.97. The highest BCUT2D eigenvalue weighted by atomic mass is 16.6. The van der Waals surface area contributed by atoms with Gasteiger partial charge in [-0.05, 0) is 19.9 Å². The maximum absolute atomic E-state index is 12.8. The Balaban J connectivity index is 2.38. The molecule has 0 unspecified atom stereocenters. The zero-order valence-electron chi connectivity index (χ0n) is 15.1. The second kappa shape index (κ2) is 8.79. The first kappa shape index (κ1) is 19.9. The van der Waals surface area contributed by atoms with Crippen molar-refractivity contribution in [2.75, 3.05) is 18.8 Å². The van der Waals surface area contributed by atoms with Crippen molar-refractivity contribution >= 4 is 23.3 Å². The second-order valence-corrected chi connectivity index (χ2v) is 5.74. The normalized spacial score (nSPS) is 11.5. The van der Waals surface area contributed by atoms with E-state index in [2.05, 4.69) is 0 Å². The van der Waals surface area contributed by atoms with E-state index in [4.69, 9.17) is 10.5 Å². The van der Waals surface area contributed by atoms with Crippen LogP contribution < -0.4 is 5.73 Å². The molecule has 0 saturated heterocycles. The molecule has 2 rings (SSSR count). The number of hydrogen-bond donors (Lipinski definition) is 1. The third-order valence-corrected chi connectivity index (χ3v) is 4.09. The number of carbonyl (C=O) groups is 2. The van der Waals surface area contributed by atoms with Gasteiger partial charge in [0.25, 0.3) is 11.6 Å². The summed E-state index contributed by atoms with van der Waals surface area (Å²) in [5.41, 5.74) is 5.87. The van der Waals surface area contributed by atoms with Gasteiger partial charge in [0.15, 0.2) is 0 Å². The lowest BCUT2D eigenvalue weighted by Gasteiger charge is -2.25. The Morgan fingerprint density at radius 1 is 1.15 bits per heavy atom. The minimum Gasteiger partial charge on any atom is -0.444 e. The van der Waals surface area contributed by atoms with Crippen LogP contribution in [0.4, 0.5) is 11.4 Å². The fourth-order valence-electron chi connectivity index (χ4n) is 2.60. The molecule has 0 aromatic heterocycles. The molecule has 0 aliphatic rings. The molecule has 0 radical (unpaired) electrons. The first-order valence-corrected chi connectivity index (χ1v) is 8.47. The van der Waals surface area contributed by atoms with Gasteiger partial charge in [-0.25, -0.2) is 4.79 Å². The number of carbonyl (C=O) groups excluding carboxylic acids is 2. The number of esters is 1. The van der Waals surface area contributed by atoms with Crippen LogP contribution in [0, 0.1) is 10.1 Å². The molecule has 1 amide bonds. The standard InChI is InChI=1S/C19H21N3O5/c1-3-21(4-2)18(23)17(13-8-6-5-7-9-13)27-19(24)15-12-14(22(25)26)10-11-16(15)20/h5-12,17H,3-4,20H2,1-2H3/t17-/m0/s1. The Morgan fingerprint density at radius 3 is 2.33 bits per heavy atom. The van der Waals surface area contributed by atoms with E-state index in [0.717, 1.165) is 6.07 Å². The van der Waals surface area contributed by atoms with Crippen LogP contribution in [0.3, 0.4) is 0 Å². The molecule has 0 fully saturated rings. The van der Waals surface area contributed by atoms with Crippen LogP contribution in [0.1, 0.15) is 35.9 Å². The van der Waals surface area contributed by atoms with Crippen LogP contribution in [0.25, 0.3) is 0 Å². The Bertz CT molecular complexity index is 834. The topological polar surface area (TPSA) is 116 Å². The number of rotatable bonds is 7. The van der Waals surface area contributed by atoms with Gasteiger partial charge in [-0.1, -0.05) is 30.3 Å². The van der Waals surface area contributed by atoms with Crippen LogP contribution in [-0.4, -0.2) is 34.8 Å². The molecule has 1 atom stereocenters. The molecule has 0 aliphatic carbocycles. The molecular formula is C19H21N3O5. The molecule has 8 nitrogen and oxygen atoms in total. The Kier molecular flexibility index (Phi) is 6.48. The molecule has 0 saturated carbocycles. The number of nitrogens with two attached hydrogens (primary N) is 1. The SMILES string of the molecule is CCN(CC)C(=O)[C@@H](OC(=O)c1cc([N+](=O)[O-])ccc1N)c1ccccc1. The lowest BCUT2D eigenvalue weighted by atomic mass is 10.1. The minimum absolute atomic E-state index is 0.0349. The van der Waals surface area contributed by atoms with Crippen molar-refractivity contribution in [3.8, 4) is 0 Å². The number of likely N-dealkylation sites (N-methyl/N-ethyl adjacent to an activating group) is 1. The van der Waals surface area contributed by atoms with Crippen molar-refractivity contribution in [3.63, 3.8) is 0 Å². The van der Waals surface area contributed by atoms with Crippen LogP contribution >= 0.6 is 0 Å². The van der Waals surface area contributed by atoms with Gasteiger partial charge in [0.05, 0.1) is 10.5 Å². The minimum atomic E-state index is -1.17. The van der Waals surface area contributed by atoms with Gasteiger partial charge in [0.2, 0.25) is 6.10 Å². The van der Waals surface area contributed by atoms with E-state index >= 15 is 0 Å². The van der Waals surface area contributed by atoms with Crippen molar-refractivity contribution in [2.45, 2.75) is 20.0 Å². The molecule has 0 heterocycles. The van der Waals surface area contributed by atoms with E-state index < -0.39 is 17.0 Å². The number of amides is 1. The summed E-state index contributed by atoms with van der Waals surface area (Å²) in [6, 6.07) is 12.1. The lowest BCUT2D eigenvalue weighted by molar-refractivity contribution is -0.384. The van der Waals surface area contributed by atoms with E-state index in [0.29, 0.717) is 18.7 Å². The molecule has 0 bridgehead atoms. The fourth-order valence-corrected chi connectivity index (χ4v) is 2.60. The van der Waals surface area contributed by atoms with Gasteiger partial charge < -0.3 is 15.4 Å². The zero-order chi connectivity index (χ0) is 20.0. The van der Waals surface area contributed by atoms with Gasteiger partial charge in [0.1, 0.15) is 0 Å². The van der Waals surface area contributed by atoms with Crippen molar-refractivity contribution < 1.29 is 19.2 Å². The van der Waals surface area contributed by atoms with Gasteiger partial charge in [-0.15, -0.1) is 0 Å².